The van der Waals surface area contributed by atoms with Crippen LogP contribution in [0.2, 0.25) is 5.02 Å². The molecular weight excluding hydrogens is 374 g/mol. The topological polar surface area (TPSA) is 63.2 Å². The van der Waals surface area contributed by atoms with E-state index in [0.717, 1.165) is 23.6 Å². The number of methoxy groups -OCH3 is 1. The third-order valence-corrected chi connectivity index (χ3v) is 4.79. The van der Waals surface area contributed by atoms with E-state index in [4.69, 9.17) is 16.3 Å². The smallest absolute Gasteiger partial charge is 0.249 e. The molecule has 1 aromatic heterocycles. The number of hydrogen-bond acceptors (Lipinski definition) is 6. The maximum atomic E-state index is 6.19. The van der Waals surface area contributed by atoms with Gasteiger partial charge in [0.05, 0.1) is 19.0 Å². The summed E-state index contributed by atoms with van der Waals surface area (Å²) in [6.45, 7) is 6.93. The predicted molar refractivity (Wildman–Crippen MR) is 114 cm³/mol. The van der Waals surface area contributed by atoms with Crippen LogP contribution in [0.3, 0.4) is 0 Å². The van der Waals surface area contributed by atoms with Gasteiger partial charge in [-0.3, -0.25) is 0 Å². The molecule has 0 aliphatic carbocycles. The van der Waals surface area contributed by atoms with E-state index in [2.05, 4.69) is 51.4 Å². The van der Waals surface area contributed by atoms with Gasteiger partial charge in [0.2, 0.25) is 5.95 Å². The fourth-order valence-corrected chi connectivity index (χ4v) is 3.00. The van der Waals surface area contributed by atoms with Crippen molar-refractivity contribution in [2.24, 2.45) is 0 Å². The molecule has 28 heavy (non-hydrogen) atoms. The lowest BCUT2D eigenvalue weighted by atomic mass is 10.2. The number of aryl methyl sites for hydroxylation is 1. The highest BCUT2D eigenvalue weighted by molar-refractivity contribution is 6.31. The molecule has 3 rings (SSSR count). The van der Waals surface area contributed by atoms with Crippen molar-refractivity contribution < 1.29 is 4.74 Å². The van der Waals surface area contributed by atoms with Gasteiger partial charge in [-0.25, -0.2) is 0 Å². The molecule has 0 radical (unpaired) electrons. The first-order chi connectivity index (χ1) is 13.5. The second-order valence-electron chi connectivity index (χ2n) is 6.77. The Morgan fingerprint density at radius 1 is 1.18 bits per heavy atom. The van der Waals surface area contributed by atoms with Crippen LogP contribution in [-0.4, -0.2) is 28.3 Å². The number of rotatable bonds is 7. The van der Waals surface area contributed by atoms with E-state index < -0.39 is 0 Å². The SMILES string of the molecule is COc1cc(Cl)c(C)cc1Nc1nncc(N(Cc2ccccc2)C(C)C)n1. The van der Waals surface area contributed by atoms with Gasteiger partial charge in [-0.15, -0.1) is 5.10 Å². The molecule has 0 aliphatic rings. The minimum Gasteiger partial charge on any atom is -0.495 e. The molecule has 2 aromatic carbocycles. The molecule has 0 amide bonds. The number of anilines is 3. The Labute approximate surface area is 170 Å². The number of benzene rings is 2. The van der Waals surface area contributed by atoms with Gasteiger partial charge >= 0.3 is 0 Å². The number of hydrogen-bond donors (Lipinski definition) is 1. The maximum Gasteiger partial charge on any atom is 0.249 e. The van der Waals surface area contributed by atoms with Crippen LogP contribution in [0.4, 0.5) is 17.5 Å². The minimum absolute atomic E-state index is 0.247. The second-order valence-corrected chi connectivity index (χ2v) is 7.18. The summed E-state index contributed by atoms with van der Waals surface area (Å²) >= 11 is 6.19. The van der Waals surface area contributed by atoms with Gasteiger partial charge in [0.15, 0.2) is 5.82 Å². The molecule has 7 heteroatoms. The van der Waals surface area contributed by atoms with E-state index in [1.54, 1.807) is 19.4 Å². The molecule has 0 fully saturated rings. The first-order valence-electron chi connectivity index (χ1n) is 9.09. The molecule has 3 aromatic rings. The number of aromatic nitrogens is 3. The van der Waals surface area contributed by atoms with Crippen LogP contribution in [0.25, 0.3) is 0 Å². The monoisotopic (exact) mass is 397 g/mol. The highest BCUT2D eigenvalue weighted by Crippen LogP contribution is 2.32. The average Bonchev–Trinajstić information content (AvgIpc) is 2.69. The molecule has 1 N–H and O–H groups in total. The third kappa shape index (κ3) is 4.70. The van der Waals surface area contributed by atoms with Crippen molar-refractivity contribution in [3.05, 3.63) is 64.8 Å². The summed E-state index contributed by atoms with van der Waals surface area (Å²) in [5, 5.41) is 12.1. The Hall–Kier alpha value is -2.86. The van der Waals surface area contributed by atoms with E-state index in [9.17, 15) is 0 Å². The summed E-state index contributed by atoms with van der Waals surface area (Å²) in [6.07, 6.45) is 1.68. The first-order valence-corrected chi connectivity index (χ1v) is 9.47. The summed E-state index contributed by atoms with van der Waals surface area (Å²) in [5.41, 5.74) is 2.88. The first kappa shape index (κ1) is 19.9. The molecule has 0 spiro atoms. The van der Waals surface area contributed by atoms with E-state index in [1.165, 1.54) is 5.56 Å². The van der Waals surface area contributed by atoms with E-state index in [1.807, 2.05) is 31.2 Å². The molecule has 0 unspecified atom stereocenters. The van der Waals surface area contributed by atoms with Crippen LogP contribution >= 0.6 is 11.6 Å². The van der Waals surface area contributed by atoms with Crippen LogP contribution in [0, 0.1) is 6.92 Å². The number of halogens is 1. The van der Waals surface area contributed by atoms with Gasteiger partial charge in [0.1, 0.15) is 5.75 Å². The zero-order chi connectivity index (χ0) is 20.1. The Kier molecular flexibility index (Phi) is 6.31. The standard InChI is InChI=1S/C21H24ClN5O/c1-14(2)27(13-16-8-6-5-7-9-16)20-12-23-26-21(25-20)24-18-10-15(3)17(22)11-19(18)28-4/h5-12,14H,13H2,1-4H3,(H,24,25,26). The summed E-state index contributed by atoms with van der Waals surface area (Å²) < 4.78 is 5.41. The lowest BCUT2D eigenvalue weighted by molar-refractivity contribution is 0.416. The van der Waals surface area contributed by atoms with Gasteiger partial charge in [-0.05, 0) is 38.0 Å². The van der Waals surface area contributed by atoms with Crippen molar-refractivity contribution >= 4 is 29.1 Å². The molecule has 0 bridgehead atoms. The predicted octanol–water partition coefficient (Wildman–Crippen LogP) is 5.00. The zero-order valence-corrected chi connectivity index (χ0v) is 17.2. The summed E-state index contributed by atoms with van der Waals surface area (Å²) in [5.74, 6) is 1.77. The Morgan fingerprint density at radius 2 is 1.93 bits per heavy atom. The van der Waals surface area contributed by atoms with E-state index >= 15 is 0 Å². The van der Waals surface area contributed by atoms with Crippen LogP contribution in [0.15, 0.2) is 48.7 Å². The van der Waals surface area contributed by atoms with Crippen molar-refractivity contribution in [3.8, 4) is 5.75 Å². The van der Waals surface area contributed by atoms with Crippen LogP contribution < -0.4 is 15.0 Å². The average molecular weight is 398 g/mol. The molecule has 0 saturated heterocycles. The fraction of sp³-hybridized carbons (Fsp3) is 0.286. The normalized spacial score (nSPS) is 10.8. The molecule has 1 heterocycles. The molecule has 146 valence electrons. The molecule has 6 nitrogen and oxygen atoms in total. The number of nitrogens with zero attached hydrogens (tertiary/aromatic N) is 4. The van der Waals surface area contributed by atoms with Crippen molar-refractivity contribution in [2.45, 2.75) is 33.4 Å². The Morgan fingerprint density at radius 3 is 2.61 bits per heavy atom. The second kappa shape index (κ2) is 8.89. The van der Waals surface area contributed by atoms with Gasteiger partial charge in [-0.1, -0.05) is 41.9 Å². The lowest BCUT2D eigenvalue weighted by Crippen LogP contribution is -2.31. The van der Waals surface area contributed by atoms with Crippen LogP contribution in [0.5, 0.6) is 5.75 Å². The van der Waals surface area contributed by atoms with Gasteiger partial charge in [0.25, 0.3) is 0 Å². The lowest BCUT2D eigenvalue weighted by Gasteiger charge is -2.27. The van der Waals surface area contributed by atoms with Crippen molar-refractivity contribution in [2.75, 3.05) is 17.3 Å². The van der Waals surface area contributed by atoms with E-state index in [0.29, 0.717) is 16.7 Å². The molecule has 0 aliphatic heterocycles. The van der Waals surface area contributed by atoms with Crippen molar-refractivity contribution in [3.63, 3.8) is 0 Å². The summed E-state index contributed by atoms with van der Waals surface area (Å²) in [6, 6.07) is 14.2. The van der Waals surface area contributed by atoms with Gasteiger partial charge < -0.3 is 15.0 Å². The van der Waals surface area contributed by atoms with Crippen LogP contribution in [0.1, 0.15) is 25.0 Å². The highest BCUT2D eigenvalue weighted by Gasteiger charge is 2.15. The summed E-state index contributed by atoms with van der Waals surface area (Å²) in [4.78, 5) is 6.85. The van der Waals surface area contributed by atoms with Crippen molar-refractivity contribution in [1.29, 1.82) is 0 Å². The number of ether oxygens (including phenoxy) is 1. The van der Waals surface area contributed by atoms with Gasteiger partial charge in [0, 0.05) is 23.7 Å². The van der Waals surface area contributed by atoms with Gasteiger partial charge in [-0.2, -0.15) is 10.1 Å². The zero-order valence-electron chi connectivity index (χ0n) is 16.5. The Balaban J connectivity index is 1.88. The Bertz CT molecular complexity index is 933. The third-order valence-electron chi connectivity index (χ3n) is 4.39. The van der Waals surface area contributed by atoms with Crippen LogP contribution in [-0.2, 0) is 6.54 Å². The molecule has 0 atom stereocenters. The molecular formula is C21H24ClN5O. The fourth-order valence-electron chi connectivity index (χ4n) is 2.84. The molecule has 0 saturated carbocycles. The maximum absolute atomic E-state index is 6.19. The largest absolute Gasteiger partial charge is 0.495 e. The highest BCUT2D eigenvalue weighted by atomic mass is 35.5. The number of nitrogens with one attached hydrogen (secondary N) is 1. The van der Waals surface area contributed by atoms with Crippen molar-refractivity contribution in [1.82, 2.24) is 15.2 Å². The minimum atomic E-state index is 0.247. The quantitative estimate of drug-likeness (QED) is 0.605. The van der Waals surface area contributed by atoms with E-state index in [-0.39, 0.29) is 6.04 Å². The summed E-state index contributed by atoms with van der Waals surface area (Å²) in [7, 11) is 1.60.